The molecule has 1 saturated heterocycles. The van der Waals surface area contributed by atoms with E-state index in [-0.39, 0.29) is 17.7 Å². The van der Waals surface area contributed by atoms with Crippen LogP contribution in [0.25, 0.3) is 10.9 Å². The van der Waals surface area contributed by atoms with Crippen molar-refractivity contribution < 1.29 is 14.3 Å². The Balaban J connectivity index is 1.62. The molecular weight excluding hydrogens is 342 g/mol. The Bertz CT molecular complexity index is 813. The number of likely N-dealkylation sites (tertiary alicyclic amines) is 1. The molecule has 0 spiro atoms. The number of para-hydroxylation sites is 1. The molecule has 1 aromatic carbocycles. The van der Waals surface area contributed by atoms with Crippen molar-refractivity contribution in [2.75, 3.05) is 33.4 Å². The average molecular weight is 369 g/mol. The first-order chi connectivity index (χ1) is 13.1. The molecule has 2 aromatic rings. The van der Waals surface area contributed by atoms with Crippen LogP contribution < -0.4 is 5.32 Å². The molecule has 1 aliphatic heterocycles. The zero-order valence-electron chi connectivity index (χ0n) is 16.0. The third-order valence-electron chi connectivity index (χ3n) is 5.05. The Morgan fingerprint density at radius 1 is 1.26 bits per heavy atom. The number of amides is 2. The van der Waals surface area contributed by atoms with Gasteiger partial charge in [0.25, 0.3) is 5.91 Å². The van der Waals surface area contributed by atoms with Crippen LogP contribution >= 0.6 is 0 Å². The van der Waals surface area contributed by atoms with Crippen molar-refractivity contribution in [2.45, 2.75) is 26.2 Å². The van der Waals surface area contributed by atoms with Gasteiger partial charge in [0.1, 0.15) is 0 Å². The van der Waals surface area contributed by atoms with Gasteiger partial charge in [-0.1, -0.05) is 18.2 Å². The molecule has 1 aliphatic rings. The molecule has 6 nitrogen and oxygen atoms in total. The molecule has 2 heterocycles. The molecule has 3 rings (SSSR count). The second kappa shape index (κ2) is 8.95. The van der Waals surface area contributed by atoms with Crippen molar-refractivity contribution in [3.8, 4) is 0 Å². The summed E-state index contributed by atoms with van der Waals surface area (Å²) in [6, 6.07) is 9.59. The number of nitrogens with zero attached hydrogens (tertiary/aromatic N) is 2. The van der Waals surface area contributed by atoms with E-state index in [2.05, 4.69) is 10.3 Å². The van der Waals surface area contributed by atoms with Crippen LogP contribution in [0.1, 0.15) is 35.3 Å². The molecule has 144 valence electrons. The van der Waals surface area contributed by atoms with Crippen LogP contribution in [0.15, 0.2) is 30.3 Å². The quantitative estimate of drug-likeness (QED) is 0.795. The van der Waals surface area contributed by atoms with Gasteiger partial charge in [0.15, 0.2) is 0 Å². The van der Waals surface area contributed by atoms with Gasteiger partial charge < -0.3 is 15.0 Å². The van der Waals surface area contributed by atoms with Crippen molar-refractivity contribution in [3.05, 3.63) is 41.6 Å². The van der Waals surface area contributed by atoms with E-state index in [1.807, 2.05) is 42.2 Å². The minimum Gasteiger partial charge on any atom is -0.385 e. The van der Waals surface area contributed by atoms with Crippen LogP contribution in [0.5, 0.6) is 0 Å². The van der Waals surface area contributed by atoms with Gasteiger partial charge in [0.05, 0.1) is 11.1 Å². The number of methoxy groups -OCH3 is 1. The number of pyridine rings is 1. The van der Waals surface area contributed by atoms with Crippen molar-refractivity contribution in [1.29, 1.82) is 0 Å². The summed E-state index contributed by atoms with van der Waals surface area (Å²) in [5.41, 5.74) is 2.37. The maximum atomic E-state index is 13.1. The molecule has 6 heteroatoms. The molecule has 27 heavy (non-hydrogen) atoms. The Morgan fingerprint density at radius 3 is 2.74 bits per heavy atom. The van der Waals surface area contributed by atoms with E-state index in [0.717, 1.165) is 23.0 Å². The number of aryl methyl sites for hydroxylation is 1. The minimum absolute atomic E-state index is 0.0208. The van der Waals surface area contributed by atoms with Crippen LogP contribution in [0.3, 0.4) is 0 Å². The highest BCUT2D eigenvalue weighted by Gasteiger charge is 2.28. The average Bonchev–Trinajstić information content (AvgIpc) is 2.70. The van der Waals surface area contributed by atoms with E-state index in [1.165, 1.54) is 0 Å². The van der Waals surface area contributed by atoms with Crippen LogP contribution in [0.2, 0.25) is 0 Å². The number of nitrogens with one attached hydrogen (secondary N) is 1. The lowest BCUT2D eigenvalue weighted by atomic mass is 9.95. The van der Waals surface area contributed by atoms with Crippen molar-refractivity contribution in [2.24, 2.45) is 5.92 Å². The monoisotopic (exact) mass is 369 g/mol. The molecule has 2 amide bonds. The molecule has 0 unspecified atom stereocenters. The van der Waals surface area contributed by atoms with Gasteiger partial charge in [-0.2, -0.15) is 0 Å². The first kappa shape index (κ1) is 19.3. The van der Waals surface area contributed by atoms with E-state index in [9.17, 15) is 9.59 Å². The van der Waals surface area contributed by atoms with Crippen LogP contribution in [0, 0.1) is 12.8 Å². The number of hydrogen-bond acceptors (Lipinski definition) is 4. The van der Waals surface area contributed by atoms with Gasteiger partial charge in [0, 0.05) is 50.3 Å². The first-order valence-electron chi connectivity index (χ1n) is 9.52. The SMILES string of the molecule is COCCCNC(=O)C1CCN(C(=O)c2cc(C)nc3ccccc23)CC1. The molecule has 0 radical (unpaired) electrons. The Kier molecular flexibility index (Phi) is 6.40. The number of hydrogen-bond donors (Lipinski definition) is 1. The fourth-order valence-corrected chi connectivity index (χ4v) is 3.57. The lowest BCUT2D eigenvalue weighted by molar-refractivity contribution is -0.126. The van der Waals surface area contributed by atoms with Crippen molar-refractivity contribution >= 4 is 22.7 Å². The second-order valence-electron chi connectivity index (χ2n) is 7.03. The molecule has 1 aromatic heterocycles. The first-order valence-corrected chi connectivity index (χ1v) is 9.52. The van der Waals surface area contributed by atoms with E-state index < -0.39 is 0 Å². The summed E-state index contributed by atoms with van der Waals surface area (Å²) < 4.78 is 4.99. The largest absolute Gasteiger partial charge is 0.385 e. The zero-order valence-corrected chi connectivity index (χ0v) is 16.0. The number of rotatable bonds is 6. The smallest absolute Gasteiger partial charge is 0.254 e. The molecule has 0 aliphatic carbocycles. The summed E-state index contributed by atoms with van der Waals surface area (Å²) in [5.74, 6) is 0.0894. The summed E-state index contributed by atoms with van der Waals surface area (Å²) in [6.45, 7) is 4.39. The van der Waals surface area contributed by atoms with Crippen molar-refractivity contribution in [1.82, 2.24) is 15.2 Å². The van der Waals surface area contributed by atoms with Gasteiger partial charge in [-0.25, -0.2) is 0 Å². The van der Waals surface area contributed by atoms with Gasteiger partial charge in [-0.05, 0) is 38.3 Å². The highest BCUT2D eigenvalue weighted by Crippen LogP contribution is 2.23. The lowest BCUT2D eigenvalue weighted by Gasteiger charge is -2.31. The lowest BCUT2D eigenvalue weighted by Crippen LogP contribution is -2.43. The third-order valence-corrected chi connectivity index (χ3v) is 5.05. The Labute approximate surface area is 159 Å². The normalized spacial score (nSPS) is 15.1. The van der Waals surface area contributed by atoms with Crippen molar-refractivity contribution in [3.63, 3.8) is 0 Å². The molecular formula is C21H27N3O3. The minimum atomic E-state index is -0.0208. The summed E-state index contributed by atoms with van der Waals surface area (Å²) in [5, 5.41) is 3.84. The summed E-state index contributed by atoms with van der Waals surface area (Å²) in [6.07, 6.45) is 2.21. The van der Waals surface area contributed by atoms with Crippen LogP contribution in [-0.2, 0) is 9.53 Å². The van der Waals surface area contributed by atoms with Gasteiger partial charge in [0.2, 0.25) is 5.91 Å². The fourth-order valence-electron chi connectivity index (χ4n) is 3.57. The zero-order chi connectivity index (χ0) is 19.2. The highest BCUT2D eigenvalue weighted by atomic mass is 16.5. The molecule has 0 saturated carbocycles. The molecule has 0 bridgehead atoms. The maximum absolute atomic E-state index is 13.1. The van der Waals surface area contributed by atoms with E-state index in [0.29, 0.717) is 44.6 Å². The van der Waals surface area contributed by atoms with Crippen LogP contribution in [-0.4, -0.2) is 55.0 Å². The van der Waals surface area contributed by atoms with Gasteiger partial charge in [-0.15, -0.1) is 0 Å². The van der Waals surface area contributed by atoms with E-state index >= 15 is 0 Å². The topological polar surface area (TPSA) is 71.5 Å². The number of ether oxygens (including phenoxy) is 1. The fraction of sp³-hybridized carbons (Fsp3) is 0.476. The second-order valence-corrected chi connectivity index (χ2v) is 7.03. The summed E-state index contributed by atoms with van der Waals surface area (Å²) in [4.78, 5) is 31.7. The predicted octanol–water partition coefficient (Wildman–Crippen LogP) is 2.55. The number of aromatic nitrogens is 1. The van der Waals surface area contributed by atoms with E-state index in [1.54, 1.807) is 7.11 Å². The van der Waals surface area contributed by atoms with Gasteiger partial charge in [-0.3, -0.25) is 14.6 Å². The highest BCUT2D eigenvalue weighted by molar-refractivity contribution is 6.06. The molecule has 0 atom stereocenters. The maximum Gasteiger partial charge on any atom is 0.254 e. The standard InChI is InChI=1S/C21H27N3O3/c1-15-14-18(17-6-3-4-7-19(17)23-15)21(26)24-11-8-16(9-12-24)20(25)22-10-5-13-27-2/h3-4,6-7,14,16H,5,8-13H2,1-2H3,(H,22,25). The Hall–Kier alpha value is -2.47. The number of carbonyl (C=O) groups excluding carboxylic acids is 2. The summed E-state index contributed by atoms with van der Waals surface area (Å²) in [7, 11) is 1.65. The van der Waals surface area contributed by atoms with Gasteiger partial charge >= 0.3 is 0 Å². The predicted molar refractivity (Wildman–Crippen MR) is 105 cm³/mol. The number of benzene rings is 1. The van der Waals surface area contributed by atoms with E-state index in [4.69, 9.17) is 4.74 Å². The summed E-state index contributed by atoms with van der Waals surface area (Å²) >= 11 is 0. The van der Waals surface area contributed by atoms with Crippen LogP contribution in [0.4, 0.5) is 0 Å². The number of fused-ring (bicyclic) bond motifs is 1. The Morgan fingerprint density at radius 2 is 2.00 bits per heavy atom. The number of carbonyl (C=O) groups is 2. The molecule has 1 fully saturated rings. The third kappa shape index (κ3) is 4.63. The number of piperidine rings is 1. The molecule has 1 N–H and O–H groups in total.